The number of nitrogens with one attached hydrogen (secondary N) is 1. The van der Waals surface area contributed by atoms with Crippen LogP contribution in [0.15, 0.2) is 12.5 Å². The number of methoxy groups -OCH3 is 1. The predicted octanol–water partition coefficient (Wildman–Crippen LogP) is 0.557. The second kappa shape index (κ2) is 3.01. The number of imidazole rings is 1. The molecule has 1 N–H and O–H groups in total. The molecule has 3 rings (SSSR count). The number of ether oxygens (including phenoxy) is 1. The van der Waals surface area contributed by atoms with Crippen LogP contribution in [0, 0.1) is 0 Å². The molecule has 0 bridgehead atoms. The van der Waals surface area contributed by atoms with Gasteiger partial charge in [-0.25, -0.2) is 15.0 Å². The van der Waals surface area contributed by atoms with Crippen LogP contribution in [0.5, 0.6) is 0 Å². The van der Waals surface area contributed by atoms with Crippen LogP contribution in [0.4, 0.5) is 0 Å². The molecule has 1 saturated carbocycles. The van der Waals surface area contributed by atoms with Gasteiger partial charge in [0.1, 0.15) is 23.1 Å². The monoisotopic (exact) mass is 218 g/mol. The van der Waals surface area contributed by atoms with E-state index < -0.39 is 5.41 Å². The van der Waals surface area contributed by atoms with E-state index in [0.717, 1.165) is 18.4 Å². The molecule has 2 heterocycles. The molecule has 0 aromatic carbocycles. The van der Waals surface area contributed by atoms with E-state index in [4.69, 9.17) is 4.74 Å². The third-order valence-corrected chi connectivity index (χ3v) is 2.94. The standard InChI is InChI=1S/C10H10N4O2/c1-16-9(15)10(2-3-10)8-13-6-4-11-5-12-7(6)14-8/h4-5H,2-3H2,1H3,(H,11,12,13,14). The molecule has 0 atom stereocenters. The first-order valence-electron chi connectivity index (χ1n) is 5.01. The molecule has 16 heavy (non-hydrogen) atoms. The minimum atomic E-state index is -0.574. The summed E-state index contributed by atoms with van der Waals surface area (Å²) >= 11 is 0. The number of carbonyl (C=O) groups excluding carboxylic acids is 1. The average molecular weight is 218 g/mol. The quantitative estimate of drug-likeness (QED) is 0.745. The summed E-state index contributed by atoms with van der Waals surface area (Å²) in [5.74, 6) is 0.398. The molecule has 82 valence electrons. The van der Waals surface area contributed by atoms with Crippen molar-refractivity contribution in [2.45, 2.75) is 18.3 Å². The molecule has 0 unspecified atom stereocenters. The molecular weight excluding hydrogens is 208 g/mol. The van der Waals surface area contributed by atoms with E-state index in [2.05, 4.69) is 19.9 Å². The van der Waals surface area contributed by atoms with Crippen LogP contribution in [-0.4, -0.2) is 33.0 Å². The van der Waals surface area contributed by atoms with E-state index in [1.54, 1.807) is 6.20 Å². The molecule has 2 aromatic heterocycles. The molecule has 0 spiro atoms. The molecule has 6 heteroatoms. The number of fused-ring (bicyclic) bond motifs is 1. The first-order chi connectivity index (χ1) is 7.76. The Balaban J connectivity index is 2.10. The number of nitrogens with zero attached hydrogens (tertiary/aromatic N) is 3. The zero-order valence-corrected chi connectivity index (χ0v) is 8.73. The van der Waals surface area contributed by atoms with Gasteiger partial charge in [-0.1, -0.05) is 0 Å². The Kier molecular flexibility index (Phi) is 1.74. The van der Waals surface area contributed by atoms with E-state index in [-0.39, 0.29) is 5.97 Å². The maximum absolute atomic E-state index is 11.7. The normalized spacial score (nSPS) is 17.3. The van der Waals surface area contributed by atoms with E-state index in [1.807, 2.05) is 0 Å². The highest BCUT2D eigenvalue weighted by Crippen LogP contribution is 2.48. The van der Waals surface area contributed by atoms with Crippen LogP contribution in [0.2, 0.25) is 0 Å². The molecule has 1 fully saturated rings. The highest BCUT2D eigenvalue weighted by Gasteiger charge is 2.55. The number of aromatic nitrogens is 4. The van der Waals surface area contributed by atoms with Crippen LogP contribution in [0.3, 0.4) is 0 Å². The summed E-state index contributed by atoms with van der Waals surface area (Å²) in [7, 11) is 1.39. The van der Waals surface area contributed by atoms with Gasteiger partial charge in [-0.15, -0.1) is 0 Å². The van der Waals surface area contributed by atoms with Crippen molar-refractivity contribution in [2.75, 3.05) is 7.11 Å². The van der Waals surface area contributed by atoms with Gasteiger partial charge in [-0.2, -0.15) is 0 Å². The molecular formula is C10H10N4O2. The summed E-state index contributed by atoms with van der Waals surface area (Å²) in [6, 6.07) is 0. The number of hydrogen-bond acceptors (Lipinski definition) is 5. The van der Waals surface area contributed by atoms with Gasteiger partial charge in [-0.3, -0.25) is 4.79 Å². The lowest BCUT2D eigenvalue weighted by atomic mass is 10.1. The average Bonchev–Trinajstić information content (AvgIpc) is 3.01. The molecule has 0 amide bonds. The summed E-state index contributed by atoms with van der Waals surface area (Å²) in [5.41, 5.74) is 0.753. The minimum Gasteiger partial charge on any atom is -0.468 e. The van der Waals surface area contributed by atoms with Crippen molar-refractivity contribution in [3.05, 3.63) is 18.3 Å². The summed E-state index contributed by atoms with van der Waals surface area (Å²) in [6.45, 7) is 0. The first-order valence-corrected chi connectivity index (χ1v) is 5.01. The van der Waals surface area contributed by atoms with E-state index in [9.17, 15) is 4.79 Å². The smallest absolute Gasteiger partial charge is 0.319 e. The molecule has 0 radical (unpaired) electrons. The molecule has 0 saturated heterocycles. The summed E-state index contributed by atoms with van der Waals surface area (Å²) in [5, 5.41) is 0. The lowest BCUT2D eigenvalue weighted by molar-refractivity contribution is -0.143. The van der Waals surface area contributed by atoms with Crippen molar-refractivity contribution in [2.24, 2.45) is 0 Å². The number of carbonyl (C=O) groups is 1. The Morgan fingerprint density at radius 1 is 1.56 bits per heavy atom. The van der Waals surface area contributed by atoms with E-state index in [1.165, 1.54) is 13.4 Å². The zero-order chi connectivity index (χ0) is 11.2. The van der Waals surface area contributed by atoms with Crippen LogP contribution in [-0.2, 0) is 14.9 Å². The van der Waals surface area contributed by atoms with Gasteiger partial charge >= 0.3 is 5.97 Å². The molecule has 1 aliphatic rings. The fourth-order valence-electron chi connectivity index (χ4n) is 1.85. The largest absolute Gasteiger partial charge is 0.468 e. The summed E-state index contributed by atoms with van der Waals surface area (Å²) in [4.78, 5) is 27.0. The lowest BCUT2D eigenvalue weighted by Crippen LogP contribution is -2.23. The predicted molar refractivity (Wildman–Crippen MR) is 54.6 cm³/mol. The Morgan fingerprint density at radius 2 is 2.38 bits per heavy atom. The molecule has 2 aromatic rings. The van der Waals surface area contributed by atoms with Crippen molar-refractivity contribution in [3.8, 4) is 0 Å². The maximum atomic E-state index is 11.7. The third-order valence-electron chi connectivity index (χ3n) is 2.94. The highest BCUT2D eigenvalue weighted by molar-refractivity contribution is 5.86. The van der Waals surface area contributed by atoms with Crippen LogP contribution in [0.1, 0.15) is 18.7 Å². The van der Waals surface area contributed by atoms with E-state index in [0.29, 0.717) is 11.5 Å². The first kappa shape index (κ1) is 9.26. The molecule has 1 aliphatic carbocycles. The Bertz CT molecular complexity index is 526. The van der Waals surface area contributed by atoms with Gasteiger partial charge in [0.2, 0.25) is 0 Å². The third kappa shape index (κ3) is 1.13. The Hall–Kier alpha value is -1.98. The summed E-state index contributed by atoms with van der Waals surface area (Å²) in [6.07, 6.45) is 4.62. The van der Waals surface area contributed by atoms with Gasteiger partial charge in [0.25, 0.3) is 0 Å². The van der Waals surface area contributed by atoms with Crippen molar-refractivity contribution in [1.29, 1.82) is 0 Å². The second-order valence-corrected chi connectivity index (χ2v) is 3.92. The van der Waals surface area contributed by atoms with Gasteiger partial charge in [0.05, 0.1) is 13.3 Å². The van der Waals surface area contributed by atoms with Gasteiger partial charge in [0.15, 0.2) is 5.65 Å². The topological polar surface area (TPSA) is 80.8 Å². The number of H-pyrrole nitrogens is 1. The molecule has 6 nitrogen and oxygen atoms in total. The van der Waals surface area contributed by atoms with Crippen molar-refractivity contribution in [1.82, 2.24) is 19.9 Å². The van der Waals surface area contributed by atoms with Crippen LogP contribution in [0.25, 0.3) is 11.2 Å². The van der Waals surface area contributed by atoms with Gasteiger partial charge < -0.3 is 9.72 Å². The number of hydrogen-bond donors (Lipinski definition) is 1. The zero-order valence-electron chi connectivity index (χ0n) is 8.73. The van der Waals surface area contributed by atoms with Crippen molar-refractivity contribution < 1.29 is 9.53 Å². The number of rotatable bonds is 2. The van der Waals surface area contributed by atoms with Crippen molar-refractivity contribution >= 4 is 17.1 Å². The fraction of sp³-hybridized carbons (Fsp3) is 0.400. The van der Waals surface area contributed by atoms with Crippen LogP contribution >= 0.6 is 0 Å². The SMILES string of the molecule is COC(=O)C1(c2nc3ncncc3[nH]2)CC1. The van der Waals surface area contributed by atoms with E-state index >= 15 is 0 Å². The highest BCUT2D eigenvalue weighted by atomic mass is 16.5. The molecule has 0 aliphatic heterocycles. The number of esters is 1. The van der Waals surface area contributed by atoms with Gasteiger partial charge in [0, 0.05) is 0 Å². The number of aromatic amines is 1. The van der Waals surface area contributed by atoms with Gasteiger partial charge in [-0.05, 0) is 12.8 Å². The second-order valence-electron chi connectivity index (χ2n) is 3.92. The minimum absolute atomic E-state index is 0.237. The maximum Gasteiger partial charge on any atom is 0.319 e. The Morgan fingerprint density at radius 3 is 3.00 bits per heavy atom. The van der Waals surface area contributed by atoms with Crippen molar-refractivity contribution in [3.63, 3.8) is 0 Å². The fourth-order valence-corrected chi connectivity index (χ4v) is 1.85. The summed E-state index contributed by atoms with van der Waals surface area (Å²) < 4.78 is 4.79. The Labute approximate surface area is 91.1 Å². The lowest BCUT2D eigenvalue weighted by Gasteiger charge is -2.08. The van der Waals surface area contributed by atoms with Crippen LogP contribution < -0.4 is 0 Å².